The van der Waals surface area contributed by atoms with E-state index in [4.69, 9.17) is 9.47 Å². The number of hydrogen-bond acceptors (Lipinski definition) is 4. The number of halogens is 2. The van der Waals surface area contributed by atoms with Crippen LogP contribution in [0, 0.1) is 11.6 Å². The molecule has 190 valence electrons. The number of ether oxygens (including phenoxy) is 2. The molecular formula is C31H23F2NO4. The number of carbonyl (C=O) groups excluding carboxylic acids is 2. The Morgan fingerprint density at radius 1 is 0.842 bits per heavy atom. The molecule has 4 aromatic rings. The van der Waals surface area contributed by atoms with Gasteiger partial charge >= 0.3 is 5.97 Å². The van der Waals surface area contributed by atoms with E-state index in [-0.39, 0.29) is 11.5 Å². The summed E-state index contributed by atoms with van der Waals surface area (Å²) in [6.07, 6.45) is 0. The van der Waals surface area contributed by atoms with Crippen molar-refractivity contribution in [3.63, 3.8) is 0 Å². The van der Waals surface area contributed by atoms with Crippen molar-refractivity contribution >= 4 is 11.9 Å². The van der Waals surface area contributed by atoms with Gasteiger partial charge in [-0.05, 0) is 75.8 Å². The largest absolute Gasteiger partial charge is 0.497 e. The van der Waals surface area contributed by atoms with E-state index in [1.54, 1.807) is 30.2 Å². The third-order valence-corrected chi connectivity index (χ3v) is 7.40. The minimum absolute atomic E-state index is 0.0441. The van der Waals surface area contributed by atoms with Gasteiger partial charge in [0.05, 0.1) is 31.7 Å². The molecule has 1 aliphatic carbocycles. The monoisotopic (exact) mass is 511 g/mol. The molecule has 7 rings (SSSR count). The van der Waals surface area contributed by atoms with E-state index in [0.29, 0.717) is 23.4 Å². The number of hydrogen-bond donors (Lipinski definition) is 0. The van der Waals surface area contributed by atoms with Gasteiger partial charge in [0, 0.05) is 18.2 Å². The van der Waals surface area contributed by atoms with E-state index < -0.39 is 29.6 Å². The molecular weight excluding hydrogens is 488 g/mol. The van der Waals surface area contributed by atoms with Crippen LogP contribution >= 0.6 is 0 Å². The molecule has 0 saturated carbocycles. The molecule has 7 heteroatoms. The number of carbonyl (C=O) groups is 2. The molecule has 2 unspecified atom stereocenters. The van der Waals surface area contributed by atoms with Gasteiger partial charge in [0.25, 0.3) is 0 Å². The molecule has 0 aromatic heterocycles. The second kappa shape index (κ2) is 9.10. The van der Waals surface area contributed by atoms with E-state index in [1.807, 2.05) is 42.5 Å². The Morgan fingerprint density at radius 3 is 2.24 bits per heavy atom. The minimum atomic E-state index is -0.662. The Balaban J connectivity index is 1.51. The van der Waals surface area contributed by atoms with Gasteiger partial charge in [0.15, 0.2) is 0 Å². The summed E-state index contributed by atoms with van der Waals surface area (Å²) in [5.41, 5.74) is 5.51. The first kappa shape index (κ1) is 23.9. The predicted octanol–water partition coefficient (Wildman–Crippen LogP) is 6.00. The molecule has 38 heavy (non-hydrogen) atoms. The Labute approximate surface area is 218 Å². The molecule has 4 aromatic carbocycles. The number of rotatable bonds is 5. The molecule has 0 N–H and O–H groups in total. The normalized spacial score (nSPS) is 17.2. The number of amides is 1. The van der Waals surface area contributed by atoms with Crippen LogP contribution in [0.1, 0.15) is 50.1 Å². The van der Waals surface area contributed by atoms with E-state index in [0.717, 1.165) is 33.9 Å². The van der Waals surface area contributed by atoms with Gasteiger partial charge in [-0.15, -0.1) is 0 Å². The van der Waals surface area contributed by atoms with Crippen LogP contribution in [0.3, 0.4) is 0 Å². The summed E-state index contributed by atoms with van der Waals surface area (Å²) in [6, 6.07) is 21.2. The zero-order valence-electron chi connectivity index (χ0n) is 20.7. The SMILES string of the molecule is COC(=O)c1ccc2c(c1)C1c3cc(-c4ccc(F)cc4F)ccc3C2C(=O)N1Cc1ccc(OC)cc1. The number of fused-ring (bicyclic) bond motifs is 1. The Morgan fingerprint density at radius 2 is 1.55 bits per heavy atom. The molecule has 0 spiro atoms. The predicted molar refractivity (Wildman–Crippen MR) is 137 cm³/mol. The maximum Gasteiger partial charge on any atom is 0.337 e. The fraction of sp³-hybridized carbons (Fsp3) is 0.161. The summed E-state index contributed by atoms with van der Waals surface area (Å²) in [4.78, 5) is 28.0. The molecule has 0 radical (unpaired) electrons. The van der Waals surface area contributed by atoms with Gasteiger partial charge in [0.1, 0.15) is 17.4 Å². The van der Waals surface area contributed by atoms with Crippen molar-refractivity contribution < 1.29 is 27.8 Å². The van der Waals surface area contributed by atoms with Crippen molar-refractivity contribution in [2.24, 2.45) is 0 Å². The standard InChI is InChI=1S/C31H23F2NO4/c1-37-21-8-3-17(4-9-21)16-34-29-25-13-18(22-12-7-20(32)15-27(22)33)5-10-23(25)28(30(34)35)24-11-6-19(14-26(24)29)31(36)38-2/h3-15,28-29H,16H2,1-2H3. The van der Waals surface area contributed by atoms with Crippen molar-refractivity contribution in [3.05, 3.63) is 124 Å². The Kier molecular flexibility index (Phi) is 5.71. The van der Waals surface area contributed by atoms with Crippen LogP contribution in [0.4, 0.5) is 8.78 Å². The fourth-order valence-corrected chi connectivity index (χ4v) is 5.61. The number of benzene rings is 4. The van der Waals surface area contributed by atoms with Gasteiger partial charge in [0.2, 0.25) is 5.91 Å². The van der Waals surface area contributed by atoms with Crippen molar-refractivity contribution in [1.82, 2.24) is 4.90 Å². The molecule has 2 atom stereocenters. The fourth-order valence-electron chi connectivity index (χ4n) is 5.61. The molecule has 2 bridgehead atoms. The molecule has 3 aliphatic rings. The quantitative estimate of drug-likeness (QED) is 0.308. The van der Waals surface area contributed by atoms with Gasteiger partial charge in [-0.1, -0.05) is 30.3 Å². The van der Waals surface area contributed by atoms with Crippen molar-refractivity contribution in [3.8, 4) is 16.9 Å². The zero-order valence-corrected chi connectivity index (χ0v) is 20.7. The molecule has 5 nitrogen and oxygen atoms in total. The second-order valence-electron chi connectivity index (χ2n) is 9.45. The molecule has 1 amide bonds. The molecule has 2 aliphatic heterocycles. The van der Waals surface area contributed by atoms with Crippen molar-refractivity contribution in [1.29, 1.82) is 0 Å². The average Bonchev–Trinajstić information content (AvgIpc) is 2.93. The van der Waals surface area contributed by atoms with Crippen LogP contribution < -0.4 is 4.74 Å². The highest BCUT2D eigenvalue weighted by atomic mass is 19.1. The van der Waals surface area contributed by atoms with E-state index in [2.05, 4.69) is 0 Å². The van der Waals surface area contributed by atoms with Crippen molar-refractivity contribution in [2.45, 2.75) is 18.5 Å². The first-order valence-electron chi connectivity index (χ1n) is 12.1. The highest BCUT2D eigenvalue weighted by molar-refractivity contribution is 5.95. The van der Waals surface area contributed by atoms with Crippen LogP contribution in [0.2, 0.25) is 0 Å². The van der Waals surface area contributed by atoms with Crippen LogP contribution in [-0.2, 0) is 16.1 Å². The number of esters is 1. The lowest BCUT2D eigenvalue weighted by atomic mass is 9.69. The smallest absolute Gasteiger partial charge is 0.337 e. The van der Waals surface area contributed by atoms with Crippen LogP contribution in [0.25, 0.3) is 11.1 Å². The summed E-state index contributed by atoms with van der Waals surface area (Å²) < 4.78 is 38.5. The minimum Gasteiger partial charge on any atom is -0.497 e. The summed E-state index contributed by atoms with van der Waals surface area (Å²) in [6.45, 7) is 0.334. The Bertz CT molecular complexity index is 1600. The van der Waals surface area contributed by atoms with Gasteiger partial charge < -0.3 is 14.4 Å². The average molecular weight is 512 g/mol. The molecule has 0 fully saturated rings. The number of nitrogens with zero attached hydrogens (tertiary/aromatic N) is 1. The topological polar surface area (TPSA) is 55.8 Å². The molecule has 0 saturated heterocycles. The summed E-state index contributed by atoms with van der Waals surface area (Å²) >= 11 is 0. The lowest BCUT2D eigenvalue weighted by Gasteiger charge is -2.47. The van der Waals surface area contributed by atoms with Gasteiger partial charge in [-0.25, -0.2) is 13.6 Å². The summed E-state index contributed by atoms with van der Waals surface area (Å²) in [7, 11) is 2.92. The second-order valence-corrected chi connectivity index (χ2v) is 9.45. The van der Waals surface area contributed by atoms with Gasteiger partial charge in [-0.3, -0.25) is 4.79 Å². The number of methoxy groups -OCH3 is 2. The third-order valence-electron chi connectivity index (χ3n) is 7.40. The first-order chi connectivity index (χ1) is 18.4. The van der Waals surface area contributed by atoms with E-state index >= 15 is 0 Å². The maximum absolute atomic E-state index is 14.7. The Hall–Kier alpha value is -4.52. The van der Waals surface area contributed by atoms with Crippen LogP contribution in [0.15, 0.2) is 78.9 Å². The van der Waals surface area contributed by atoms with Gasteiger partial charge in [-0.2, -0.15) is 0 Å². The highest BCUT2D eigenvalue weighted by Gasteiger charge is 2.47. The van der Waals surface area contributed by atoms with Crippen molar-refractivity contribution in [2.75, 3.05) is 14.2 Å². The third kappa shape index (κ3) is 3.74. The lowest BCUT2D eigenvalue weighted by Crippen LogP contribution is -2.47. The van der Waals surface area contributed by atoms with E-state index in [9.17, 15) is 18.4 Å². The molecule has 2 heterocycles. The van der Waals surface area contributed by atoms with E-state index in [1.165, 1.54) is 19.2 Å². The highest BCUT2D eigenvalue weighted by Crippen LogP contribution is 2.52. The lowest BCUT2D eigenvalue weighted by molar-refractivity contribution is -0.136. The summed E-state index contributed by atoms with van der Waals surface area (Å²) in [5, 5.41) is 0. The van der Waals surface area contributed by atoms with Crippen LogP contribution in [0.5, 0.6) is 5.75 Å². The first-order valence-corrected chi connectivity index (χ1v) is 12.1. The zero-order chi connectivity index (χ0) is 26.6. The van der Waals surface area contributed by atoms with Crippen LogP contribution in [-0.4, -0.2) is 31.0 Å². The summed E-state index contributed by atoms with van der Waals surface area (Å²) in [5.74, 6) is -1.68. The maximum atomic E-state index is 14.7.